The van der Waals surface area contributed by atoms with Gasteiger partial charge in [0.05, 0.1) is 13.2 Å². The Kier molecular flexibility index (Phi) is 5.42. The first kappa shape index (κ1) is 12.5. The van der Waals surface area contributed by atoms with E-state index in [1.54, 1.807) is 0 Å². The number of hydrogen-bond acceptors (Lipinski definition) is 2. The van der Waals surface area contributed by atoms with Gasteiger partial charge in [0.1, 0.15) is 0 Å². The summed E-state index contributed by atoms with van der Waals surface area (Å²) in [5, 5.41) is 1.10. The molecule has 1 heterocycles. The lowest BCUT2D eigenvalue weighted by Crippen LogP contribution is -2.37. The van der Waals surface area contributed by atoms with Gasteiger partial charge in [-0.15, -0.1) is 0 Å². The van der Waals surface area contributed by atoms with Crippen LogP contribution in [0.15, 0.2) is 0 Å². The SMILES string of the molecule is CC(C)(CBr)CCCN1CCOCC1. The highest BCUT2D eigenvalue weighted by Gasteiger charge is 2.16. The molecular formula is C11H22BrNO. The highest BCUT2D eigenvalue weighted by Crippen LogP contribution is 2.24. The fraction of sp³-hybridized carbons (Fsp3) is 1.00. The topological polar surface area (TPSA) is 12.5 Å². The van der Waals surface area contributed by atoms with E-state index in [2.05, 4.69) is 34.7 Å². The van der Waals surface area contributed by atoms with E-state index in [9.17, 15) is 0 Å². The van der Waals surface area contributed by atoms with Crippen LogP contribution in [0, 0.1) is 5.41 Å². The summed E-state index contributed by atoms with van der Waals surface area (Å²) >= 11 is 3.56. The average Bonchev–Trinajstić information content (AvgIpc) is 2.19. The van der Waals surface area contributed by atoms with Crippen molar-refractivity contribution in [2.75, 3.05) is 38.2 Å². The zero-order chi connectivity index (χ0) is 10.4. The summed E-state index contributed by atoms with van der Waals surface area (Å²) < 4.78 is 5.32. The molecule has 0 spiro atoms. The summed E-state index contributed by atoms with van der Waals surface area (Å²) in [5.74, 6) is 0. The Balaban J connectivity index is 2.08. The van der Waals surface area contributed by atoms with Gasteiger partial charge in [-0.1, -0.05) is 29.8 Å². The Bertz CT molecular complexity index is 155. The van der Waals surface area contributed by atoms with E-state index in [0.717, 1.165) is 31.6 Å². The molecule has 1 aliphatic rings. The largest absolute Gasteiger partial charge is 0.379 e. The number of nitrogens with zero attached hydrogens (tertiary/aromatic N) is 1. The molecule has 0 saturated carbocycles. The quantitative estimate of drug-likeness (QED) is 0.707. The third kappa shape index (κ3) is 4.76. The Morgan fingerprint density at radius 2 is 1.93 bits per heavy atom. The molecule has 0 aliphatic carbocycles. The zero-order valence-electron chi connectivity index (χ0n) is 9.39. The molecule has 0 amide bonds. The van der Waals surface area contributed by atoms with Gasteiger partial charge in [0.15, 0.2) is 0 Å². The van der Waals surface area contributed by atoms with E-state index in [1.165, 1.54) is 19.4 Å². The van der Waals surface area contributed by atoms with E-state index in [4.69, 9.17) is 4.74 Å². The van der Waals surface area contributed by atoms with Crippen LogP contribution in [0.1, 0.15) is 26.7 Å². The maximum absolute atomic E-state index is 5.32. The minimum atomic E-state index is 0.451. The summed E-state index contributed by atoms with van der Waals surface area (Å²) in [7, 11) is 0. The molecule has 0 radical (unpaired) electrons. The van der Waals surface area contributed by atoms with Crippen LogP contribution >= 0.6 is 15.9 Å². The number of morpholine rings is 1. The molecule has 0 aromatic rings. The number of ether oxygens (including phenoxy) is 1. The van der Waals surface area contributed by atoms with Gasteiger partial charge in [-0.25, -0.2) is 0 Å². The fourth-order valence-corrected chi connectivity index (χ4v) is 1.95. The fourth-order valence-electron chi connectivity index (χ4n) is 1.67. The summed E-state index contributed by atoms with van der Waals surface area (Å²) in [5.41, 5.74) is 0.451. The lowest BCUT2D eigenvalue weighted by atomic mass is 9.90. The van der Waals surface area contributed by atoms with Gasteiger partial charge in [-0.3, -0.25) is 4.90 Å². The predicted octanol–water partition coefficient (Wildman–Crippen LogP) is 2.52. The van der Waals surface area contributed by atoms with E-state index in [0.29, 0.717) is 5.41 Å². The van der Waals surface area contributed by atoms with Crippen LogP contribution in [0.2, 0.25) is 0 Å². The normalized spacial score (nSPS) is 19.9. The maximum atomic E-state index is 5.32. The minimum Gasteiger partial charge on any atom is -0.379 e. The summed E-state index contributed by atoms with van der Waals surface area (Å²) in [6, 6.07) is 0. The predicted molar refractivity (Wildman–Crippen MR) is 64.1 cm³/mol. The molecule has 0 bridgehead atoms. The van der Waals surface area contributed by atoms with E-state index in [1.807, 2.05) is 0 Å². The summed E-state index contributed by atoms with van der Waals surface area (Å²) in [6.07, 6.45) is 2.61. The second-order valence-corrected chi connectivity index (χ2v) is 5.42. The van der Waals surface area contributed by atoms with Crippen LogP contribution in [0.4, 0.5) is 0 Å². The first-order chi connectivity index (χ1) is 6.64. The van der Waals surface area contributed by atoms with Crippen molar-refractivity contribution in [2.45, 2.75) is 26.7 Å². The van der Waals surface area contributed by atoms with Crippen molar-refractivity contribution < 1.29 is 4.74 Å². The van der Waals surface area contributed by atoms with Crippen molar-refractivity contribution in [2.24, 2.45) is 5.41 Å². The molecule has 1 aliphatic heterocycles. The molecule has 0 aromatic heterocycles. The Labute approximate surface area is 96.1 Å². The summed E-state index contributed by atoms with van der Waals surface area (Å²) in [4.78, 5) is 2.51. The van der Waals surface area contributed by atoms with Gasteiger partial charge in [-0.2, -0.15) is 0 Å². The van der Waals surface area contributed by atoms with Crippen LogP contribution in [0.5, 0.6) is 0 Å². The second kappa shape index (κ2) is 6.09. The molecule has 0 N–H and O–H groups in total. The highest BCUT2D eigenvalue weighted by atomic mass is 79.9. The van der Waals surface area contributed by atoms with Gasteiger partial charge in [0.25, 0.3) is 0 Å². The van der Waals surface area contributed by atoms with Gasteiger partial charge >= 0.3 is 0 Å². The molecule has 2 nitrogen and oxygen atoms in total. The highest BCUT2D eigenvalue weighted by molar-refractivity contribution is 9.09. The number of hydrogen-bond donors (Lipinski definition) is 0. The first-order valence-electron chi connectivity index (χ1n) is 5.50. The van der Waals surface area contributed by atoms with Crippen LogP contribution in [0.3, 0.4) is 0 Å². The standard InChI is InChI=1S/C11H22BrNO/c1-11(2,10-12)4-3-5-13-6-8-14-9-7-13/h3-10H2,1-2H3. The van der Waals surface area contributed by atoms with Crippen LogP contribution in [-0.2, 0) is 4.74 Å². The van der Waals surface area contributed by atoms with Crippen molar-refractivity contribution in [1.29, 1.82) is 0 Å². The Morgan fingerprint density at radius 1 is 1.29 bits per heavy atom. The molecule has 0 atom stereocenters. The molecule has 1 saturated heterocycles. The number of halogens is 1. The van der Waals surface area contributed by atoms with Crippen molar-refractivity contribution in [3.05, 3.63) is 0 Å². The third-order valence-electron chi connectivity index (χ3n) is 2.79. The second-order valence-electron chi connectivity index (χ2n) is 4.86. The Morgan fingerprint density at radius 3 is 2.50 bits per heavy atom. The van der Waals surface area contributed by atoms with Crippen LogP contribution in [-0.4, -0.2) is 43.1 Å². The van der Waals surface area contributed by atoms with Crippen molar-refractivity contribution in [3.63, 3.8) is 0 Å². The monoisotopic (exact) mass is 263 g/mol. The van der Waals surface area contributed by atoms with Gasteiger partial charge in [0, 0.05) is 18.4 Å². The van der Waals surface area contributed by atoms with Crippen molar-refractivity contribution in [3.8, 4) is 0 Å². The van der Waals surface area contributed by atoms with Crippen LogP contribution < -0.4 is 0 Å². The molecule has 14 heavy (non-hydrogen) atoms. The maximum Gasteiger partial charge on any atom is 0.0594 e. The molecule has 0 unspecified atom stereocenters. The van der Waals surface area contributed by atoms with Crippen molar-refractivity contribution >= 4 is 15.9 Å². The van der Waals surface area contributed by atoms with E-state index >= 15 is 0 Å². The smallest absolute Gasteiger partial charge is 0.0594 e. The molecule has 84 valence electrons. The number of alkyl halides is 1. The van der Waals surface area contributed by atoms with Gasteiger partial charge in [0.2, 0.25) is 0 Å². The third-order valence-corrected chi connectivity index (χ3v) is 4.31. The van der Waals surface area contributed by atoms with E-state index < -0.39 is 0 Å². The molecule has 1 fully saturated rings. The lowest BCUT2D eigenvalue weighted by Gasteiger charge is -2.28. The zero-order valence-corrected chi connectivity index (χ0v) is 11.0. The van der Waals surface area contributed by atoms with Gasteiger partial charge in [-0.05, 0) is 24.8 Å². The van der Waals surface area contributed by atoms with E-state index in [-0.39, 0.29) is 0 Å². The van der Waals surface area contributed by atoms with Crippen LogP contribution in [0.25, 0.3) is 0 Å². The lowest BCUT2D eigenvalue weighted by molar-refractivity contribution is 0.0362. The Hall–Kier alpha value is 0.400. The number of rotatable bonds is 5. The molecule has 3 heteroatoms. The van der Waals surface area contributed by atoms with Gasteiger partial charge < -0.3 is 4.74 Å². The minimum absolute atomic E-state index is 0.451. The first-order valence-corrected chi connectivity index (χ1v) is 6.62. The average molecular weight is 264 g/mol. The summed E-state index contributed by atoms with van der Waals surface area (Å²) in [6.45, 7) is 9.95. The van der Waals surface area contributed by atoms with Crippen molar-refractivity contribution in [1.82, 2.24) is 4.90 Å². The molecular weight excluding hydrogens is 242 g/mol. The molecule has 1 rings (SSSR count). The molecule has 0 aromatic carbocycles.